The number of hydrogen-bond donors (Lipinski definition) is 2. The minimum atomic E-state index is -0.500. The molecule has 1 amide bonds. The Morgan fingerprint density at radius 1 is 0.929 bits per heavy atom. The second kappa shape index (κ2) is 7.53. The van der Waals surface area contributed by atoms with E-state index < -0.39 is 6.04 Å². The van der Waals surface area contributed by atoms with Crippen molar-refractivity contribution in [3.8, 4) is 5.75 Å². The average Bonchev–Trinajstić information content (AvgIpc) is 2.74. The highest BCUT2D eigenvalue weighted by molar-refractivity contribution is 5.96. The van der Waals surface area contributed by atoms with Crippen LogP contribution in [0.5, 0.6) is 5.75 Å². The first-order valence-corrected chi connectivity index (χ1v) is 9.13. The molecular formula is C24H20N2O2. The van der Waals surface area contributed by atoms with Crippen molar-refractivity contribution in [3.05, 3.63) is 107 Å². The molecule has 0 bridgehead atoms. The van der Waals surface area contributed by atoms with Gasteiger partial charge in [0.2, 0.25) is 0 Å². The molecule has 4 nitrogen and oxygen atoms in total. The summed E-state index contributed by atoms with van der Waals surface area (Å²) in [4.78, 5) is 17.3. The summed E-state index contributed by atoms with van der Waals surface area (Å²) in [6.45, 7) is 1.91. The zero-order valence-corrected chi connectivity index (χ0v) is 15.5. The number of pyridine rings is 1. The van der Waals surface area contributed by atoms with E-state index >= 15 is 0 Å². The van der Waals surface area contributed by atoms with Gasteiger partial charge in [0, 0.05) is 22.7 Å². The number of amides is 1. The number of aromatic hydroxyl groups is 1. The van der Waals surface area contributed by atoms with Gasteiger partial charge in [0.15, 0.2) is 0 Å². The quantitative estimate of drug-likeness (QED) is 0.545. The molecule has 0 saturated heterocycles. The molecule has 1 atom stereocenters. The molecule has 4 rings (SSSR count). The summed E-state index contributed by atoms with van der Waals surface area (Å²) in [5.41, 5.74) is 3.53. The fraction of sp³-hybridized carbons (Fsp3) is 0.0833. The molecule has 0 saturated carbocycles. The van der Waals surface area contributed by atoms with Crippen molar-refractivity contribution in [2.24, 2.45) is 0 Å². The van der Waals surface area contributed by atoms with Crippen molar-refractivity contribution in [3.63, 3.8) is 0 Å². The van der Waals surface area contributed by atoms with E-state index in [1.165, 1.54) is 0 Å². The molecule has 0 radical (unpaired) electrons. The van der Waals surface area contributed by atoms with Crippen LogP contribution in [0.15, 0.2) is 85.1 Å². The summed E-state index contributed by atoms with van der Waals surface area (Å²) in [7, 11) is 0. The van der Waals surface area contributed by atoms with Gasteiger partial charge in [-0.1, -0.05) is 66.7 Å². The second-order valence-electron chi connectivity index (χ2n) is 6.71. The summed E-state index contributed by atoms with van der Waals surface area (Å²) in [6.07, 6.45) is 1.65. The number of carbonyl (C=O) groups is 1. The summed E-state index contributed by atoms with van der Waals surface area (Å²) < 4.78 is 0. The van der Waals surface area contributed by atoms with Crippen LogP contribution >= 0.6 is 0 Å². The topological polar surface area (TPSA) is 62.2 Å². The van der Waals surface area contributed by atoms with Gasteiger partial charge >= 0.3 is 0 Å². The number of nitrogens with zero attached hydrogens (tertiary/aromatic N) is 1. The summed E-state index contributed by atoms with van der Waals surface area (Å²) in [5, 5.41) is 14.8. The first-order chi connectivity index (χ1) is 13.6. The van der Waals surface area contributed by atoms with E-state index in [0.717, 1.165) is 16.5 Å². The van der Waals surface area contributed by atoms with E-state index in [4.69, 9.17) is 0 Å². The van der Waals surface area contributed by atoms with Gasteiger partial charge in [0.1, 0.15) is 11.3 Å². The number of fused-ring (bicyclic) bond motifs is 1. The lowest BCUT2D eigenvalue weighted by atomic mass is 9.95. The van der Waals surface area contributed by atoms with Crippen LogP contribution in [0.25, 0.3) is 10.9 Å². The molecule has 0 aliphatic heterocycles. The third-order valence-corrected chi connectivity index (χ3v) is 4.89. The maximum atomic E-state index is 13.0. The van der Waals surface area contributed by atoms with Gasteiger partial charge in [-0.3, -0.25) is 9.78 Å². The van der Waals surface area contributed by atoms with Crippen molar-refractivity contribution >= 4 is 16.8 Å². The molecular weight excluding hydrogens is 348 g/mol. The van der Waals surface area contributed by atoms with E-state index in [-0.39, 0.29) is 11.7 Å². The van der Waals surface area contributed by atoms with Crippen LogP contribution in [0.4, 0.5) is 0 Å². The normalized spacial score (nSPS) is 11.9. The average molecular weight is 368 g/mol. The van der Waals surface area contributed by atoms with Gasteiger partial charge in [0.25, 0.3) is 5.91 Å². The summed E-state index contributed by atoms with van der Waals surface area (Å²) in [6, 6.07) is 24.1. The predicted octanol–water partition coefficient (Wildman–Crippen LogP) is 4.77. The first-order valence-electron chi connectivity index (χ1n) is 9.13. The fourth-order valence-electron chi connectivity index (χ4n) is 3.40. The van der Waals surface area contributed by atoms with Gasteiger partial charge in [0.05, 0.1) is 6.04 Å². The SMILES string of the molecule is Cc1ccccc1C(=O)NC(c1ccccc1)c1ccc2cccnc2c1O. The predicted molar refractivity (Wildman–Crippen MR) is 110 cm³/mol. The van der Waals surface area contributed by atoms with Crippen LogP contribution in [0, 0.1) is 6.92 Å². The van der Waals surface area contributed by atoms with Crippen LogP contribution in [-0.2, 0) is 0 Å². The Morgan fingerprint density at radius 3 is 2.46 bits per heavy atom. The Balaban J connectivity index is 1.80. The van der Waals surface area contributed by atoms with Gasteiger partial charge in [-0.2, -0.15) is 0 Å². The molecule has 4 heteroatoms. The van der Waals surface area contributed by atoms with Crippen LogP contribution in [0.1, 0.15) is 33.1 Å². The third kappa shape index (κ3) is 3.32. The second-order valence-corrected chi connectivity index (χ2v) is 6.71. The lowest BCUT2D eigenvalue weighted by molar-refractivity contribution is 0.0942. The fourth-order valence-corrected chi connectivity index (χ4v) is 3.40. The molecule has 0 aliphatic carbocycles. The van der Waals surface area contributed by atoms with Crippen LogP contribution in [0.2, 0.25) is 0 Å². The number of carbonyl (C=O) groups excluding carboxylic acids is 1. The Labute approximate surface area is 163 Å². The highest BCUT2D eigenvalue weighted by atomic mass is 16.3. The van der Waals surface area contributed by atoms with Crippen molar-refractivity contribution in [2.45, 2.75) is 13.0 Å². The molecule has 1 heterocycles. The molecule has 0 spiro atoms. The van der Waals surface area contributed by atoms with Crippen molar-refractivity contribution in [2.75, 3.05) is 0 Å². The zero-order valence-electron chi connectivity index (χ0n) is 15.5. The molecule has 1 unspecified atom stereocenters. The highest BCUT2D eigenvalue weighted by Gasteiger charge is 2.22. The monoisotopic (exact) mass is 368 g/mol. The van der Waals surface area contributed by atoms with Crippen molar-refractivity contribution in [1.82, 2.24) is 10.3 Å². The van der Waals surface area contributed by atoms with Crippen LogP contribution in [0.3, 0.4) is 0 Å². The third-order valence-electron chi connectivity index (χ3n) is 4.89. The molecule has 138 valence electrons. The van der Waals surface area contributed by atoms with Gasteiger partial charge < -0.3 is 10.4 Å². The first kappa shape index (κ1) is 17.7. The molecule has 4 aromatic rings. The number of phenolic OH excluding ortho intramolecular Hbond substituents is 1. The van der Waals surface area contributed by atoms with Gasteiger partial charge in [-0.15, -0.1) is 0 Å². The lowest BCUT2D eigenvalue weighted by Gasteiger charge is -2.22. The van der Waals surface area contributed by atoms with Gasteiger partial charge in [-0.25, -0.2) is 0 Å². The maximum Gasteiger partial charge on any atom is 0.252 e. The van der Waals surface area contributed by atoms with Gasteiger partial charge in [-0.05, 0) is 30.2 Å². The number of aryl methyl sites for hydroxylation is 1. The lowest BCUT2D eigenvalue weighted by Crippen LogP contribution is -2.30. The minimum Gasteiger partial charge on any atom is -0.505 e. The Bertz CT molecular complexity index is 1140. The zero-order chi connectivity index (χ0) is 19.5. The maximum absolute atomic E-state index is 13.0. The number of aromatic nitrogens is 1. The molecule has 2 N–H and O–H groups in total. The smallest absolute Gasteiger partial charge is 0.252 e. The van der Waals surface area contributed by atoms with E-state index in [1.54, 1.807) is 12.3 Å². The Morgan fingerprint density at radius 2 is 1.68 bits per heavy atom. The number of nitrogens with one attached hydrogen (secondary N) is 1. The highest BCUT2D eigenvalue weighted by Crippen LogP contribution is 2.34. The van der Waals surface area contributed by atoms with E-state index in [2.05, 4.69) is 10.3 Å². The standard InChI is InChI=1S/C24H20N2O2/c1-16-8-5-6-12-19(16)24(28)26-21(17-9-3-2-4-10-17)20-14-13-18-11-7-15-25-22(18)23(20)27/h2-15,21,27H,1H3,(H,26,28). The van der Waals surface area contributed by atoms with E-state index in [9.17, 15) is 9.90 Å². The number of benzene rings is 3. The Kier molecular flexibility index (Phi) is 4.77. The molecule has 0 fully saturated rings. The molecule has 0 aliphatic rings. The molecule has 1 aromatic heterocycles. The van der Waals surface area contributed by atoms with Crippen LogP contribution < -0.4 is 5.32 Å². The van der Waals surface area contributed by atoms with E-state index in [0.29, 0.717) is 16.6 Å². The summed E-state index contributed by atoms with van der Waals surface area (Å²) in [5.74, 6) is -0.107. The number of phenols is 1. The molecule has 3 aromatic carbocycles. The number of rotatable bonds is 4. The minimum absolute atomic E-state index is 0.0806. The molecule has 28 heavy (non-hydrogen) atoms. The van der Waals surface area contributed by atoms with Crippen LogP contribution in [-0.4, -0.2) is 16.0 Å². The Hall–Kier alpha value is -3.66. The largest absolute Gasteiger partial charge is 0.505 e. The van der Waals surface area contributed by atoms with Crippen molar-refractivity contribution < 1.29 is 9.90 Å². The van der Waals surface area contributed by atoms with E-state index in [1.807, 2.05) is 79.7 Å². The summed E-state index contributed by atoms with van der Waals surface area (Å²) >= 11 is 0. The van der Waals surface area contributed by atoms with Crippen molar-refractivity contribution in [1.29, 1.82) is 0 Å². The number of hydrogen-bond acceptors (Lipinski definition) is 3.